The molecule has 0 saturated carbocycles. The smallest absolute Gasteiger partial charge is 0.166 e. The molecule has 0 nitrogen and oxygen atoms in total. The lowest BCUT2D eigenvalue weighted by Gasteiger charge is -2.14. The molecule has 1 aromatic carbocycles. The molecule has 0 aliphatic rings. The molecule has 0 saturated heterocycles. The molecule has 0 spiro atoms. The molecule has 15 heavy (non-hydrogen) atoms. The van der Waals surface area contributed by atoms with Gasteiger partial charge in [-0.2, -0.15) is 13.2 Å². The standard InChI is InChI=1S/C10H9Cl2F3/c1-2-3-7-8(10(13,14)15)4-6(11)5-9(7)12/h4-5H,2-3H2,1H3. The van der Waals surface area contributed by atoms with Gasteiger partial charge < -0.3 is 0 Å². The van der Waals surface area contributed by atoms with E-state index < -0.39 is 11.7 Å². The number of benzene rings is 1. The summed E-state index contributed by atoms with van der Waals surface area (Å²) in [5.41, 5.74) is -0.613. The molecule has 0 amide bonds. The molecule has 0 fully saturated rings. The van der Waals surface area contributed by atoms with Gasteiger partial charge in [0, 0.05) is 10.0 Å². The van der Waals surface area contributed by atoms with Crippen LogP contribution in [0.3, 0.4) is 0 Å². The van der Waals surface area contributed by atoms with Gasteiger partial charge in [0.05, 0.1) is 5.56 Å². The first kappa shape index (κ1) is 12.7. The second kappa shape index (κ2) is 4.62. The van der Waals surface area contributed by atoms with E-state index in [2.05, 4.69) is 0 Å². The molecular weight excluding hydrogens is 248 g/mol. The van der Waals surface area contributed by atoms with Crippen LogP contribution < -0.4 is 0 Å². The molecule has 0 aromatic heterocycles. The van der Waals surface area contributed by atoms with Gasteiger partial charge in [0.25, 0.3) is 0 Å². The van der Waals surface area contributed by atoms with Gasteiger partial charge >= 0.3 is 6.18 Å². The van der Waals surface area contributed by atoms with E-state index in [-0.39, 0.29) is 15.6 Å². The lowest BCUT2D eigenvalue weighted by atomic mass is 10.0. The number of hydrogen-bond donors (Lipinski definition) is 0. The van der Waals surface area contributed by atoms with Crippen molar-refractivity contribution in [2.45, 2.75) is 25.9 Å². The zero-order chi connectivity index (χ0) is 11.6. The van der Waals surface area contributed by atoms with Gasteiger partial charge in [-0.3, -0.25) is 0 Å². The molecule has 0 N–H and O–H groups in total. The Morgan fingerprint density at radius 3 is 2.27 bits per heavy atom. The number of halogens is 5. The van der Waals surface area contributed by atoms with Crippen LogP contribution in [0.15, 0.2) is 12.1 Å². The summed E-state index contributed by atoms with van der Waals surface area (Å²) in [6.45, 7) is 1.80. The zero-order valence-corrected chi connectivity index (χ0v) is 9.47. The molecular formula is C10H9Cl2F3. The maximum Gasteiger partial charge on any atom is 0.416 e. The maximum atomic E-state index is 12.6. The quantitative estimate of drug-likeness (QED) is 0.702. The van der Waals surface area contributed by atoms with Crippen LogP contribution in [0.25, 0.3) is 0 Å². The Labute approximate surface area is 96.0 Å². The molecule has 0 radical (unpaired) electrons. The fourth-order valence-corrected chi connectivity index (χ4v) is 1.95. The molecule has 0 aliphatic heterocycles. The molecule has 0 aliphatic carbocycles. The minimum Gasteiger partial charge on any atom is -0.166 e. The minimum atomic E-state index is -4.40. The van der Waals surface area contributed by atoms with Crippen molar-refractivity contribution in [1.82, 2.24) is 0 Å². The average Bonchev–Trinajstić information content (AvgIpc) is 2.07. The Balaban J connectivity index is 3.33. The first-order chi connectivity index (χ1) is 6.86. The average molecular weight is 257 g/mol. The Bertz CT molecular complexity index is 358. The first-order valence-electron chi connectivity index (χ1n) is 4.41. The van der Waals surface area contributed by atoms with Crippen LogP contribution in [0.2, 0.25) is 10.0 Å². The Kier molecular flexibility index (Phi) is 3.90. The maximum absolute atomic E-state index is 12.6. The van der Waals surface area contributed by atoms with E-state index in [0.717, 1.165) is 6.07 Å². The summed E-state index contributed by atoms with van der Waals surface area (Å²) >= 11 is 11.3. The molecule has 84 valence electrons. The van der Waals surface area contributed by atoms with Crippen molar-refractivity contribution in [1.29, 1.82) is 0 Å². The third-order valence-corrected chi connectivity index (χ3v) is 2.52. The van der Waals surface area contributed by atoms with Gasteiger partial charge in [-0.25, -0.2) is 0 Å². The zero-order valence-electron chi connectivity index (χ0n) is 7.96. The summed E-state index contributed by atoms with van der Waals surface area (Å²) in [4.78, 5) is 0. The number of alkyl halides is 3. The van der Waals surface area contributed by atoms with E-state index in [1.54, 1.807) is 6.92 Å². The van der Waals surface area contributed by atoms with Crippen molar-refractivity contribution < 1.29 is 13.2 Å². The molecule has 1 aromatic rings. The van der Waals surface area contributed by atoms with Gasteiger partial charge in [-0.15, -0.1) is 0 Å². The highest BCUT2D eigenvalue weighted by molar-refractivity contribution is 6.35. The van der Waals surface area contributed by atoms with Crippen molar-refractivity contribution in [3.05, 3.63) is 33.3 Å². The van der Waals surface area contributed by atoms with Gasteiger partial charge in [0.1, 0.15) is 0 Å². The second-order valence-corrected chi connectivity index (χ2v) is 4.01. The van der Waals surface area contributed by atoms with Gasteiger partial charge in [-0.1, -0.05) is 36.5 Å². The summed E-state index contributed by atoms with van der Waals surface area (Å²) in [5, 5.41) is 0.0869. The van der Waals surface area contributed by atoms with E-state index >= 15 is 0 Å². The van der Waals surface area contributed by atoms with Crippen LogP contribution in [0, 0.1) is 0 Å². The lowest BCUT2D eigenvalue weighted by molar-refractivity contribution is -0.138. The van der Waals surface area contributed by atoms with Crippen LogP contribution in [0.4, 0.5) is 13.2 Å². The van der Waals surface area contributed by atoms with Crippen molar-refractivity contribution in [2.24, 2.45) is 0 Å². The third kappa shape index (κ3) is 3.02. The van der Waals surface area contributed by atoms with Crippen LogP contribution in [0.1, 0.15) is 24.5 Å². The monoisotopic (exact) mass is 256 g/mol. The van der Waals surface area contributed by atoms with E-state index in [1.165, 1.54) is 6.07 Å². The van der Waals surface area contributed by atoms with E-state index in [0.29, 0.717) is 12.8 Å². The van der Waals surface area contributed by atoms with Gasteiger partial charge in [0.2, 0.25) is 0 Å². The molecule has 0 bridgehead atoms. The lowest BCUT2D eigenvalue weighted by Crippen LogP contribution is -2.09. The first-order valence-corrected chi connectivity index (χ1v) is 5.17. The van der Waals surface area contributed by atoms with Gasteiger partial charge in [-0.05, 0) is 24.1 Å². The van der Waals surface area contributed by atoms with E-state index in [9.17, 15) is 13.2 Å². The summed E-state index contributed by atoms with van der Waals surface area (Å²) in [7, 11) is 0. The summed E-state index contributed by atoms with van der Waals surface area (Å²) in [5.74, 6) is 0. The summed E-state index contributed by atoms with van der Waals surface area (Å²) in [6.07, 6.45) is -3.51. The second-order valence-electron chi connectivity index (χ2n) is 3.16. The molecule has 1 rings (SSSR count). The van der Waals surface area contributed by atoms with Crippen LogP contribution >= 0.6 is 23.2 Å². The fourth-order valence-electron chi connectivity index (χ4n) is 1.36. The highest BCUT2D eigenvalue weighted by atomic mass is 35.5. The SMILES string of the molecule is CCCc1c(Cl)cc(Cl)cc1C(F)(F)F. The van der Waals surface area contributed by atoms with Gasteiger partial charge in [0.15, 0.2) is 0 Å². The largest absolute Gasteiger partial charge is 0.416 e. The normalized spacial score (nSPS) is 11.9. The molecule has 5 heteroatoms. The number of hydrogen-bond acceptors (Lipinski definition) is 0. The van der Waals surface area contributed by atoms with Crippen LogP contribution in [0.5, 0.6) is 0 Å². The van der Waals surface area contributed by atoms with Crippen molar-refractivity contribution in [3.8, 4) is 0 Å². The molecule has 0 atom stereocenters. The predicted octanol–water partition coefficient (Wildman–Crippen LogP) is 4.96. The van der Waals surface area contributed by atoms with Crippen molar-refractivity contribution in [3.63, 3.8) is 0 Å². The van der Waals surface area contributed by atoms with Crippen molar-refractivity contribution >= 4 is 23.2 Å². The Morgan fingerprint density at radius 1 is 1.20 bits per heavy atom. The highest BCUT2D eigenvalue weighted by Crippen LogP contribution is 2.37. The summed E-state index contributed by atoms with van der Waals surface area (Å²) in [6, 6.07) is 2.25. The fraction of sp³-hybridized carbons (Fsp3) is 0.400. The van der Waals surface area contributed by atoms with E-state index in [4.69, 9.17) is 23.2 Å². The van der Waals surface area contributed by atoms with Crippen molar-refractivity contribution in [2.75, 3.05) is 0 Å². The Hall–Kier alpha value is -0.410. The van der Waals surface area contributed by atoms with Crippen LogP contribution in [-0.2, 0) is 12.6 Å². The minimum absolute atomic E-state index is 0.00665. The third-order valence-electron chi connectivity index (χ3n) is 1.97. The predicted molar refractivity (Wildman–Crippen MR) is 55.5 cm³/mol. The van der Waals surface area contributed by atoms with E-state index in [1.807, 2.05) is 0 Å². The Morgan fingerprint density at radius 2 is 1.80 bits per heavy atom. The van der Waals surface area contributed by atoms with Crippen LogP contribution in [-0.4, -0.2) is 0 Å². The topological polar surface area (TPSA) is 0 Å². The summed E-state index contributed by atoms with van der Waals surface area (Å²) < 4.78 is 37.8. The molecule has 0 unspecified atom stereocenters. The highest BCUT2D eigenvalue weighted by Gasteiger charge is 2.34. The number of rotatable bonds is 2. The molecule has 0 heterocycles.